The Kier molecular flexibility index (Phi) is 8.59. The summed E-state index contributed by atoms with van der Waals surface area (Å²) in [4.78, 5) is 24.8. The van der Waals surface area contributed by atoms with Crippen LogP contribution in [-0.2, 0) is 14.0 Å². The minimum absolute atomic E-state index is 0.0826. The molecule has 0 aliphatic carbocycles. The Labute approximate surface area is 170 Å². The van der Waals surface area contributed by atoms with Crippen molar-refractivity contribution in [2.45, 2.75) is 71.9 Å². The fourth-order valence-corrected chi connectivity index (χ4v) is 3.66. The van der Waals surface area contributed by atoms with Crippen molar-refractivity contribution in [3.8, 4) is 0 Å². The van der Waals surface area contributed by atoms with Crippen LogP contribution in [-0.4, -0.2) is 44.0 Å². The van der Waals surface area contributed by atoms with Gasteiger partial charge in [-0.15, -0.1) is 0 Å². The van der Waals surface area contributed by atoms with E-state index in [0.29, 0.717) is 12.2 Å². The Bertz CT molecular complexity index is 651. The summed E-state index contributed by atoms with van der Waals surface area (Å²) in [6.45, 7) is 16.3. The molecule has 0 unspecified atom stereocenters. The Morgan fingerprint density at radius 3 is 2.11 bits per heavy atom. The molecule has 0 heterocycles. The van der Waals surface area contributed by atoms with Gasteiger partial charge in [0.15, 0.2) is 20.2 Å². The lowest BCUT2D eigenvalue weighted by Crippen LogP contribution is -2.44. The van der Waals surface area contributed by atoms with E-state index in [1.54, 1.807) is 44.2 Å². The van der Waals surface area contributed by atoms with Crippen molar-refractivity contribution < 1.29 is 23.9 Å². The second kappa shape index (κ2) is 9.81. The summed E-state index contributed by atoms with van der Waals surface area (Å²) in [5.74, 6) is -1.70. The number of benzene rings is 1. The predicted molar refractivity (Wildman–Crippen MR) is 114 cm³/mol. The van der Waals surface area contributed by atoms with E-state index in [1.165, 1.54) is 0 Å². The average Bonchev–Trinajstić information content (AvgIpc) is 2.63. The highest BCUT2D eigenvalue weighted by Gasteiger charge is 2.38. The minimum Gasteiger partial charge on any atom is -0.451 e. The topological polar surface area (TPSA) is 72.8 Å². The van der Waals surface area contributed by atoms with Crippen LogP contribution in [0.2, 0.25) is 18.1 Å². The van der Waals surface area contributed by atoms with E-state index in [2.05, 4.69) is 33.9 Å². The second-order valence-corrected chi connectivity index (χ2v) is 14.0. The average molecular weight is 409 g/mol. The van der Waals surface area contributed by atoms with E-state index in [9.17, 15) is 14.7 Å². The summed E-state index contributed by atoms with van der Waals surface area (Å²) >= 11 is 0. The third-order valence-corrected chi connectivity index (χ3v) is 10.3. The number of ketones is 1. The summed E-state index contributed by atoms with van der Waals surface area (Å²) in [5, 5.41) is 10.7. The van der Waals surface area contributed by atoms with Crippen LogP contribution in [0.5, 0.6) is 0 Å². The first-order valence-corrected chi connectivity index (χ1v) is 12.8. The van der Waals surface area contributed by atoms with Gasteiger partial charge in [0.05, 0.1) is 11.7 Å². The molecule has 1 rings (SSSR count). The van der Waals surface area contributed by atoms with Crippen molar-refractivity contribution in [3.63, 3.8) is 0 Å². The smallest absolute Gasteiger partial charge is 0.338 e. The van der Waals surface area contributed by atoms with Crippen LogP contribution >= 0.6 is 0 Å². The lowest BCUT2D eigenvalue weighted by molar-refractivity contribution is -0.135. The van der Waals surface area contributed by atoms with Crippen LogP contribution in [0.4, 0.5) is 0 Å². The first-order valence-electron chi connectivity index (χ1n) is 9.89. The molecule has 0 aromatic heterocycles. The molecule has 1 aromatic carbocycles. The number of aliphatic hydroxyl groups is 1. The number of esters is 1. The molecule has 0 radical (unpaired) electrons. The SMILES string of the molecule is C[C@H](OC(=O)c1ccccc1)C(=O)[C@H](C)[C@H](O)[C@H](C)CO[Si](C)(C)C(C)(C)C. The lowest BCUT2D eigenvalue weighted by Gasteiger charge is -2.37. The molecule has 0 bridgehead atoms. The van der Waals surface area contributed by atoms with Crippen molar-refractivity contribution in [3.05, 3.63) is 35.9 Å². The monoisotopic (exact) mass is 408 g/mol. The third-order valence-electron chi connectivity index (χ3n) is 5.75. The van der Waals surface area contributed by atoms with Crippen molar-refractivity contribution >= 4 is 20.1 Å². The molecule has 0 amide bonds. The normalized spacial score (nSPS) is 16.8. The van der Waals surface area contributed by atoms with Gasteiger partial charge in [0.1, 0.15) is 0 Å². The van der Waals surface area contributed by atoms with Crippen LogP contribution in [0.25, 0.3) is 0 Å². The van der Waals surface area contributed by atoms with Gasteiger partial charge in [0.2, 0.25) is 0 Å². The maximum absolute atomic E-state index is 12.6. The molecule has 1 N–H and O–H groups in total. The van der Waals surface area contributed by atoms with Crippen LogP contribution in [0.15, 0.2) is 30.3 Å². The number of rotatable bonds is 9. The Hall–Kier alpha value is -1.50. The summed E-state index contributed by atoms with van der Waals surface area (Å²) < 4.78 is 11.5. The van der Waals surface area contributed by atoms with Crippen molar-refractivity contribution in [1.29, 1.82) is 0 Å². The highest BCUT2D eigenvalue weighted by Crippen LogP contribution is 2.37. The Morgan fingerprint density at radius 1 is 1.07 bits per heavy atom. The maximum Gasteiger partial charge on any atom is 0.338 e. The van der Waals surface area contributed by atoms with Crippen LogP contribution in [0.1, 0.15) is 51.9 Å². The van der Waals surface area contributed by atoms with Gasteiger partial charge in [-0.1, -0.05) is 52.8 Å². The summed E-state index contributed by atoms with van der Waals surface area (Å²) in [6.07, 6.45) is -1.79. The Balaban J connectivity index is 2.64. The second-order valence-electron chi connectivity index (χ2n) is 9.14. The standard InChI is InChI=1S/C22H36O5Si/c1-15(14-26-28(7,8)22(4,5)6)19(23)16(2)20(24)17(3)27-21(25)18-12-10-9-11-13-18/h9-13,15-17,19,23H,14H2,1-8H3/t15-,16-,17+,19-/m1/s1. The molecule has 6 heteroatoms. The number of ether oxygens (including phenoxy) is 1. The molecule has 0 fully saturated rings. The van der Waals surface area contributed by atoms with Gasteiger partial charge in [-0.2, -0.15) is 0 Å². The molecule has 158 valence electrons. The predicted octanol–water partition coefficient (Wildman–Crippen LogP) is 4.46. The molecular formula is C22H36O5Si. The van der Waals surface area contributed by atoms with E-state index >= 15 is 0 Å². The van der Waals surface area contributed by atoms with Gasteiger partial charge >= 0.3 is 5.97 Å². The molecule has 0 spiro atoms. The molecule has 1 aromatic rings. The zero-order valence-corrected chi connectivity index (χ0v) is 19.5. The third kappa shape index (κ3) is 6.53. The van der Waals surface area contributed by atoms with Crippen molar-refractivity contribution in [2.75, 3.05) is 6.61 Å². The number of hydrogen-bond acceptors (Lipinski definition) is 5. The van der Waals surface area contributed by atoms with E-state index in [4.69, 9.17) is 9.16 Å². The Morgan fingerprint density at radius 2 is 1.61 bits per heavy atom. The van der Waals surface area contributed by atoms with E-state index < -0.39 is 32.4 Å². The molecule has 4 atom stereocenters. The van der Waals surface area contributed by atoms with E-state index in [1.807, 2.05) is 6.92 Å². The lowest BCUT2D eigenvalue weighted by atomic mass is 9.89. The van der Waals surface area contributed by atoms with Gasteiger partial charge in [0.25, 0.3) is 0 Å². The first-order chi connectivity index (χ1) is 12.8. The van der Waals surface area contributed by atoms with Crippen LogP contribution in [0, 0.1) is 11.8 Å². The summed E-state index contributed by atoms with van der Waals surface area (Å²) in [5.41, 5.74) is 0.395. The zero-order valence-electron chi connectivity index (χ0n) is 18.5. The van der Waals surface area contributed by atoms with E-state index in [-0.39, 0.29) is 16.7 Å². The molecule has 0 aliphatic heterocycles. The van der Waals surface area contributed by atoms with Crippen LogP contribution < -0.4 is 0 Å². The summed E-state index contributed by atoms with van der Waals surface area (Å²) in [6, 6.07) is 8.55. The number of hydrogen-bond donors (Lipinski definition) is 1. The number of Topliss-reactive ketones (excluding diaryl/α,β-unsaturated/α-hetero) is 1. The summed E-state index contributed by atoms with van der Waals surface area (Å²) in [7, 11) is -1.92. The number of carbonyl (C=O) groups excluding carboxylic acids is 2. The molecule has 0 saturated carbocycles. The molecule has 0 aliphatic rings. The molecular weight excluding hydrogens is 372 g/mol. The first kappa shape index (κ1) is 24.5. The van der Waals surface area contributed by atoms with Gasteiger partial charge in [-0.25, -0.2) is 4.79 Å². The highest BCUT2D eigenvalue weighted by molar-refractivity contribution is 6.74. The fraction of sp³-hybridized carbons (Fsp3) is 0.636. The quantitative estimate of drug-likeness (QED) is 0.482. The minimum atomic E-state index is -1.92. The fourth-order valence-electron chi connectivity index (χ4n) is 2.55. The van der Waals surface area contributed by atoms with E-state index in [0.717, 1.165) is 0 Å². The van der Waals surface area contributed by atoms with Gasteiger partial charge in [-0.3, -0.25) is 4.79 Å². The number of aliphatic hydroxyl groups excluding tert-OH is 1. The maximum atomic E-state index is 12.6. The van der Waals surface area contributed by atoms with Crippen molar-refractivity contribution in [1.82, 2.24) is 0 Å². The number of carbonyl (C=O) groups is 2. The van der Waals surface area contributed by atoms with Gasteiger partial charge in [0, 0.05) is 18.4 Å². The molecule has 0 saturated heterocycles. The largest absolute Gasteiger partial charge is 0.451 e. The molecule has 5 nitrogen and oxygen atoms in total. The van der Waals surface area contributed by atoms with Crippen LogP contribution in [0.3, 0.4) is 0 Å². The molecule has 28 heavy (non-hydrogen) atoms. The van der Waals surface area contributed by atoms with Crippen molar-refractivity contribution in [2.24, 2.45) is 11.8 Å². The highest BCUT2D eigenvalue weighted by atomic mass is 28.4. The van der Waals surface area contributed by atoms with Gasteiger partial charge < -0.3 is 14.3 Å². The zero-order chi connectivity index (χ0) is 21.7. The van der Waals surface area contributed by atoms with Gasteiger partial charge in [-0.05, 0) is 37.2 Å².